The van der Waals surface area contributed by atoms with Crippen molar-refractivity contribution in [2.45, 2.75) is 19.1 Å². The Morgan fingerprint density at radius 2 is 2.00 bits per heavy atom. The van der Waals surface area contributed by atoms with E-state index in [-0.39, 0.29) is 6.10 Å². The highest BCUT2D eigenvalue weighted by molar-refractivity contribution is 5.61. The molecule has 4 rings (SSSR count). The van der Waals surface area contributed by atoms with E-state index in [9.17, 15) is 0 Å². The number of hydrogen-bond donors (Lipinski definition) is 1. The number of rotatable bonds is 3. The van der Waals surface area contributed by atoms with E-state index in [1.165, 1.54) is 22.4 Å². The molecule has 2 aliphatic heterocycles. The van der Waals surface area contributed by atoms with Crippen LogP contribution in [0.4, 0.5) is 5.69 Å². The van der Waals surface area contributed by atoms with Crippen LogP contribution in [0.2, 0.25) is 0 Å². The summed E-state index contributed by atoms with van der Waals surface area (Å²) in [6, 6.07) is 17.4. The summed E-state index contributed by atoms with van der Waals surface area (Å²) in [5.74, 6) is 0. The second-order valence-corrected chi connectivity index (χ2v) is 6.07. The summed E-state index contributed by atoms with van der Waals surface area (Å²) in [4.78, 5) is 2.49. The van der Waals surface area contributed by atoms with Crippen molar-refractivity contribution in [2.24, 2.45) is 0 Å². The number of fused-ring (bicyclic) bond motifs is 1. The van der Waals surface area contributed by atoms with Gasteiger partial charge in [0.25, 0.3) is 0 Å². The third-order valence-electron chi connectivity index (χ3n) is 4.65. The number of ether oxygens (including phenoxy) is 1. The van der Waals surface area contributed by atoms with Gasteiger partial charge in [0.05, 0.1) is 12.7 Å². The van der Waals surface area contributed by atoms with Gasteiger partial charge < -0.3 is 15.0 Å². The molecule has 1 fully saturated rings. The first-order chi connectivity index (χ1) is 10.9. The molecule has 1 unspecified atom stereocenters. The molecule has 2 aromatic rings. The molecule has 2 aliphatic rings. The van der Waals surface area contributed by atoms with Crippen LogP contribution in [0.5, 0.6) is 0 Å². The number of nitrogens with zero attached hydrogens (tertiary/aromatic N) is 1. The van der Waals surface area contributed by atoms with Gasteiger partial charge >= 0.3 is 0 Å². The van der Waals surface area contributed by atoms with Gasteiger partial charge in [-0.15, -0.1) is 0 Å². The van der Waals surface area contributed by atoms with E-state index in [0.717, 1.165) is 39.2 Å². The van der Waals surface area contributed by atoms with Gasteiger partial charge in [0.2, 0.25) is 0 Å². The summed E-state index contributed by atoms with van der Waals surface area (Å²) in [5, 5.41) is 3.44. The summed E-state index contributed by atoms with van der Waals surface area (Å²) in [6.45, 7) is 4.78. The quantitative estimate of drug-likeness (QED) is 0.942. The van der Waals surface area contributed by atoms with E-state index < -0.39 is 0 Å². The van der Waals surface area contributed by atoms with Gasteiger partial charge in [-0.2, -0.15) is 0 Å². The molecule has 0 radical (unpaired) electrons. The third kappa shape index (κ3) is 2.62. The minimum atomic E-state index is 0.209. The Balaban J connectivity index is 1.59. The molecule has 0 saturated carbocycles. The van der Waals surface area contributed by atoms with Crippen LogP contribution in [0, 0.1) is 0 Å². The Morgan fingerprint density at radius 1 is 1.09 bits per heavy atom. The average Bonchev–Trinajstić information content (AvgIpc) is 3.00. The molecule has 2 aromatic carbocycles. The second-order valence-electron chi connectivity index (χ2n) is 6.07. The van der Waals surface area contributed by atoms with Crippen molar-refractivity contribution in [3.63, 3.8) is 0 Å². The van der Waals surface area contributed by atoms with Gasteiger partial charge in [0.1, 0.15) is 0 Å². The lowest BCUT2D eigenvalue weighted by Crippen LogP contribution is -2.33. The molecule has 3 nitrogen and oxygen atoms in total. The molecule has 3 heteroatoms. The number of anilines is 1. The van der Waals surface area contributed by atoms with Gasteiger partial charge in [-0.25, -0.2) is 0 Å². The van der Waals surface area contributed by atoms with E-state index in [2.05, 4.69) is 58.7 Å². The van der Waals surface area contributed by atoms with Gasteiger partial charge in [0.15, 0.2) is 0 Å². The molecular formula is C19H22N2O. The van der Waals surface area contributed by atoms with E-state index >= 15 is 0 Å². The Kier molecular flexibility index (Phi) is 3.83. The average molecular weight is 294 g/mol. The van der Waals surface area contributed by atoms with Crippen LogP contribution in [0.3, 0.4) is 0 Å². The molecule has 1 atom stereocenters. The van der Waals surface area contributed by atoms with Crippen molar-refractivity contribution in [1.82, 2.24) is 5.32 Å². The fourth-order valence-corrected chi connectivity index (χ4v) is 3.56. The van der Waals surface area contributed by atoms with Crippen LogP contribution in [0.25, 0.3) is 0 Å². The summed E-state index contributed by atoms with van der Waals surface area (Å²) in [7, 11) is 0. The van der Waals surface area contributed by atoms with Crippen molar-refractivity contribution in [3.05, 3.63) is 65.2 Å². The summed E-state index contributed by atoms with van der Waals surface area (Å²) in [5.41, 5.74) is 5.61. The topological polar surface area (TPSA) is 24.5 Å². The zero-order valence-electron chi connectivity index (χ0n) is 12.8. The molecule has 1 saturated heterocycles. The Morgan fingerprint density at radius 3 is 2.82 bits per heavy atom. The zero-order valence-corrected chi connectivity index (χ0v) is 12.8. The predicted molar refractivity (Wildman–Crippen MR) is 89.2 cm³/mol. The van der Waals surface area contributed by atoms with E-state index in [0.29, 0.717) is 0 Å². The van der Waals surface area contributed by atoms with Crippen LogP contribution in [-0.2, 0) is 17.7 Å². The van der Waals surface area contributed by atoms with Crippen LogP contribution < -0.4 is 10.2 Å². The lowest BCUT2D eigenvalue weighted by molar-refractivity contribution is 0.0273. The van der Waals surface area contributed by atoms with Gasteiger partial charge in [0, 0.05) is 31.9 Å². The highest BCUT2D eigenvalue weighted by Crippen LogP contribution is 2.35. The molecule has 0 amide bonds. The highest BCUT2D eigenvalue weighted by Gasteiger charge is 2.26. The lowest BCUT2D eigenvalue weighted by atomic mass is 9.99. The fraction of sp³-hybridized carbons (Fsp3) is 0.368. The van der Waals surface area contributed by atoms with E-state index in [1.54, 1.807) is 0 Å². The highest BCUT2D eigenvalue weighted by atomic mass is 16.5. The van der Waals surface area contributed by atoms with Crippen molar-refractivity contribution in [1.29, 1.82) is 0 Å². The maximum atomic E-state index is 5.96. The Bertz CT molecular complexity index is 635. The summed E-state index contributed by atoms with van der Waals surface area (Å²) >= 11 is 0. The number of hydrogen-bond acceptors (Lipinski definition) is 3. The molecule has 0 spiro atoms. The van der Waals surface area contributed by atoms with Crippen molar-refractivity contribution < 1.29 is 4.74 Å². The maximum Gasteiger partial charge on any atom is 0.0953 e. The van der Waals surface area contributed by atoms with Gasteiger partial charge in [-0.1, -0.05) is 42.5 Å². The largest absolute Gasteiger partial charge is 0.371 e. The molecule has 0 aliphatic carbocycles. The molecule has 114 valence electrons. The lowest BCUT2D eigenvalue weighted by Gasteiger charge is -2.26. The summed E-state index contributed by atoms with van der Waals surface area (Å²) in [6.07, 6.45) is 1.33. The Labute approximate surface area is 131 Å². The van der Waals surface area contributed by atoms with Gasteiger partial charge in [-0.3, -0.25) is 0 Å². The number of benzene rings is 2. The van der Waals surface area contributed by atoms with Crippen molar-refractivity contribution >= 4 is 5.69 Å². The number of nitrogens with one attached hydrogen (secondary N) is 1. The minimum absolute atomic E-state index is 0.209. The normalized spacial score (nSPS) is 20.9. The van der Waals surface area contributed by atoms with Crippen molar-refractivity contribution in [2.75, 3.05) is 31.1 Å². The zero-order chi connectivity index (χ0) is 14.8. The first kappa shape index (κ1) is 13.8. The molecule has 0 aromatic heterocycles. The molecule has 0 bridgehead atoms. The standard InChI is InChI=1S/C19H22N2O/c1-2-5-15(6-3-1)14-21-11-9-16-17(7-4-8-18(16)21)19-13-20-10-12-22-19/h1-8,19-20H,9-14H2. The van der Waals surface area contributed by atoms with Crippen LogP contribution in [0.15, 0.2) is 48.5 Å². The second kappa shape index (κ2) is 6.11. The van der Waals surface area contributed by atoms with Gasteiger partial charge in [-0.05, 0) is 29.2 Å². The molecule has 2 heterocycles. The first-order valence-corrected chi connectivity index (χ1v) is 8.15. The van der Waals surface area contributed by atoms with E-state index in [1.807, 2.05) is 0 Å². The molecule has 22 heavy (non-hydrogen) atoms. The van der Waals surface area contributed by atoms with E-state index in [4.69, 9.17) is 4.74 Å². The van der Waals surface area contributed by atoms with Crippen molar-refractivity contribution in [3.8, 4) is 0 Å². The predicted octanol–water partition coefficient (Wildman–Crippen LogP) is 2.91. The minimum Gasteiger partial charge on any atom is -0.371 e. The first-order valence-electron chi connectivity index (χ1n) is 8.15. The maximum absolute atomic E-state index is 5.96. The van der Waals surface area contributed by atoms with Crippen LogP contribution in [-0.4, -0.2) is 26.2 Å². The Hall–Kier alpha value is -1.84. The number of morpholine rings is 1. The summed E-state index contributed by atoms with van der Waals surface area (Å²) < 4.78 is 5.96. The van der Waals surface area contributed by atoms with Crippen LogP contribution in [0.1, 0.15) is 22.8 Å². The van der Waals surface area contributed by atoms with Crippen LogP contribution >= 0.6 is 0 Å². The smallest absolute Gasteiger partial charge is 0.0953 e. The SMILES string of the molecule is c1ccc(CN2CCc3c(C4CNCCO4)cccc32)cc1. The fourth-order valence-electron chi connectivity index (χ4n) is 3.56. The third-order valence-corrected chi connectivity index (χ3v) is 4.65. The molecule has 1 N–H and O–H groups in total. The molecular weight excluding hydrogens is 272 g/mol. The monoisotopic (exact) mass is 294 g/mol.